The number of benzene rings is 1. The van der Waals surface area contributed by atoms with Gasteiger partial charge in [-0.2, -0.15) is 11.8 Å². The SMILES string of the molecule is CSC(C)CCNC(=O)c1cc(F)cc(N)c1F. The number of nitrogens with two attached hydrogens (primary N) is 1. The summed E-state index contributed by atoms with van der Waals surface area (Å²) in [6.07, 6.45) is 2.73. The minimum absolute atomic E-state index is 0.357. The number of halogens is 2. The second-order valence-electron chi connectivity index (χ2n) is 3.95. The van der Waals surface area contributed by atoms with E-state index in [2.05, 4.69) is 5.32 Å². The van der Waals surface area contributed by atoms with Gasteiger partial charge in [0.05, 0.1) is 11.3 Å². The third-order valence-electron chi connectivity index (χ3n) is 2.55. The van der Waals surface area contributed by atoms with Gasteiger partial charge in [-0.15, -0.1) is 0 Å². The smallest absolute Gasteiger partial charge is 0.254 e. The van der Waals surface area contributed by atoms with Gasteiger partial charge in [0.2, 0.25) is 0 Å². The van der Waals surface area contributed by atoms with Crippen molar-refractivity contribution in [1.29, 1.82) is 0 Å². The van der Waals surface area contributed by atoms with Crippen molar-refractivity contribution in [3.05, 3.63) is 29.3 Å². The Hall–Kier alpha value is -1.30. The predicted molar refractivity (Wildman–Crippen MR) is 70.7 cm³/mol. The van der Waals surface area contributed by atoms with Crippen LogP contribution in [0.25, 0.3) is 0 Å². The lowest BCUT2D eigenvalue weighted by atomic mass is 10.1. The van der Waals surface area contributed by atoms with E-state index in [0.717, 1.165) is 18.6 Å². The molecule has 1 rings (SSSR count). The molecular formula is C12H16F2N2OS. The molecule has 1 aromatic carbocycles. The number of rotatable bonds is 5. The van der Waals surface area contributed by atoms with E-state index in [9.17, 15) is 13.6 Å². The number of nitrogen functional groups attached to an aromatic ring is 1. The second-order valence-corrected chi connectivity index (χ2v) is 5.22. The molecule has 100 valence electrons. The van der Waals surface area contributed by atoms with Crippen molar-refractivity contribution in [3.8, 4) is 0 Å². The van der Waals surface area contributed by atoms with Crippen molar-refractivity contribution in [3.63, 3.8) is 0 Å². The van der Waals surface area contributed by atoms with Gasteiger partial charge in [0, 0.05) is 11.8 Å². The summed E-state index contributed by atoms with van der Waals surface area (Å²) in [5.74, 6) is -2.25. The first-order valence-corrected chi connectivity index (χ1v) is 6.80. The molecule has 0 saturated carbocycles. The summed E-state index contributed by atoms with van der Waals surface area (Å²) in [7, 11) is 0. The molecule has 1 unspecified atom stereocenters. The normalized spacial score (nSPS) is 12.2. The number of thioether (sulfide) groups is 1. The van der Waals surface area contributed by atoms with Crippen LogP contribution in [0.4, 0.5) is 14.5 Å². The van der Waals surface area contributed by atoms with Crippen molar-refractivity contribution in [2.24, 2.45) is 0 Å². The largest absolute Gasteiger partial charge is 0.396 e. The molecular weight excluding hydrogens is 258 g/mol. The number of anilines is 1. The Labute approximate surface area is 109 Å². The van der Waals surface area contributed by atoms with Crippen LogP contribution in [-0.2, 0) is 0 Å². The standard InChI is InChI=1S/C12H16F2N2OS/c1-7(18-2)3-4-16-12(17)9-5-8(13)6-10(15)11(9)14/h5-7H,3-4,15H2,1-2H3,(H,16,17). The number of hydrogen-bond acceptors (Lipinski definition) is 3. The van der Waals surface area contributed by atoms with Gasteiger partial charge in [0.1, 0.15) is 5.82 Å². The molecule has 0 fully saturated rings. The fraction of sp³-hybridized carbons (Fsp3) is 0.417. The summed E-state index contributed by atoms with van der Waals surface area (Å²) in [5.41, 5.74) is 4.54. The van der Waals surface area contributed by atoms with Gasteiger partial charge in [0.15, 0.2) is 5.82 Å². The van der Waals surface area contributed by atoms with Crippen molar-refractivity contribution in [2.75, 3.05) is 18.5 Å². The van der Waals surface area contributed by atoms with Crippen LogP contribution >= 0.6 is 11.8 Å². The number of nitrogens with one attached hydrogen (secondary N) is 1. The van der Waals surface area contributed by atoms with Gasteiger partial charge in [-0.1, -0.05) is 6.92 Å². The van der Waals surface area contributed by atoms with Gasteiger partial charge in [-0.3, -0.25) is 4.79 Å². The van der Waals surface area contributed by atoms with E-state index in [1.54, 1.807) is 11.8 Å². The monoisotopic (exact) mass is 274 g/mol. The van der Waals surface area contributed by atoms with Crippen LogP contribution in [0.1, 0.15) is 23.7 Å². The van der Waals surface area contributed by atoms with Gasteiger partial charge in [0.25, 0.3) is 5.91 Å². The molecule has 3 N–H and O–H groups in total. The molecule has 1 atom stereocenters. The Morgan fingerprint density at radius 1 is 1.50 bits per heavy atom. The molecule has 18 heavy (non-hydrogen) atoms. The maximum absolute atomic E-state index is 13.5. The van der Waals surface area contributed by atoms with Crippen molar-refractivity contribution in [2.45, 2.75) is 18.6 Å². The molecule has 0 bridgehead atoms. The Morgan fingerprint density at radius 2 is 2.17 bits per heavy atom. The number of carbonyl (C=O) groups is 1. The van der Waals surface area contributed by atoms with Crippen LogP contribution in [0.15, 0.2) is 12.1 Å². The molecule has 6 heteroatoms. The first-order chi connectivity index (χ1) is 8.45. The molecule has 0 aromatic heterocycles. The highest BCUT2D eigenvalue weighted by molar-refractivity contribution is 7.99. The number of amides is 1. The highest BCUT2D eigenvalue weighted by Crippen LogP contribution is 2.17. The molecule has 0 heterocycles. The molecule has 3 nitrogen and oxygen atoms in total. The van der Waals surface area contributed by atoms with E-state index < -0.39 is 17.5 Å². The van der Waals surface area contributed by atoms with Crippen LogP contribution in [-0.4, -0.2) is 24.0 Å². The molecule has 1 aromatic rings. The van der Waals surface area contributed by atoms with Crippen LogP contribution in [0.2, 0.25) is 0 Å². The van der Waals surface area contributed by atoms with Crippen molar-refractivity contribution < 1.29 is 13.6 Å². The number of hydrogen-bond donors (Lipinski definition) is 2. The Kier molecular flexibility index (Phi) is 5.40. The Bertz CT molecular complexity index is 440. The maximum atomic E-state index is 13.5. The maximum Gasteiger partial charge on any atom is 0.254 e. The minimum atomic E-state index is -0.883. The fourth-order valence-electron chi connectivity index (χ4n) is 1.38. The van der Waals surface area contributed by atoms with Gasteiger partial charge in [-0.05, 0) is 24.8 Å². The third-order valence-corrected chi connectivity index (χ3v) is 3.59. The molecule has 0 aliphatic rings. The van der Waals surface area contributed by atoms with E-state index in [-0.39, 0.29) is 11.3 Å². The first-order valence-electron chi connectivity index (χ1n) is 5.51. The van der Waals surface area contributed by atoms with Crippen LogP contribution in [0.5, 0.6) is 0 Å². The van der Waals surface area contributed by atoms with E-state index in [1.807, 2.05) is 13.2 Å². The Balaban J connectivity index is 2.67. The first kappa shape index (κ1) is 14.8. The lowest BCUT2D eigenvalue weighted by Crippen LogP contribution is -2.27. The molecule has 0 aliphatic heterocycles. The number of carbonyl (C=O) groups excluding carboxylic acids is 1. The van der Waals surface area contributed by atoms with Crippen LogP contribution in [0, 0.1) is 11.6 Å². The molecule has 0 saturated heterocycles. The third kappa shape index (κ3) is 3.87. The van der Waals surface area contributed by atoms with Gasteiger partial charge < -0.3 is 11.1 Å². The quantitative estimate of drug-likeness (QED) is 0.811. The van der Waals surface area contributed by atoms with Gasteiger partial charge in [-0.25, -0.2) is 8.78 Å². The highest BCUT2D eigenvalue weighted by Gasteiger charge is 2.15. The summed E-state index contributed by atoms with van der Waals surface area (Å²) in [6.45, 7) is 2.44. The van der Waals surface area contributed by atoms with Crippen LogP contribution < -0.4 is 11.1 Å². The molecule has 1 amide bonds. The van der Waals surface area contributed by atoms with Gasteiger partial charge >= 0.3 is 0 Å². The molecule has 0 spiro atoms. The van der Waals surface area contributed by atoms with E-state index in [1.165, 1.54) is 0 Å². The fourth-order valence-corrected chi connectivity index (χ4v) is 1.73. The average molecular weight is 274 g/mol. The summed E-state index contributed by atoms with van der Waals surface area (Å²) in [4.78, 5) is 11.7. The predicted octanol–water partition coefficient (Wildman–Crippen LogP) is 2.42. The minimum Gasteiger partial charge on any atom is -0.396 e. The topological polar surface area (TPSA) is 55.1 Å². The molecule has 0 aliphatic carbocycles. The molecule has 0 radical (unpaired) electrons. The van der Waals surface area contributed by atoms with E-state index in [0.29, 0.717) is 11.8 Å². The lowest BCUT2D eigenvalue weighted by molar-refractivity contribution is 0.0949. The zero-order chi connectivity index (χ0) is 13.7. The van der Waals surface area contributed by atoms with Crippen molar-refractivity contribution in [1.82, 2.24) is 5.32 Å². The van der Waals surface area contributed by atoms with Crippen molar-refractivity contribution >= 4 is 23.4 Å². The summed E-state index contributed by atoms with van der Waals surface area (Å²) in [5, 5.41) is 2.94. The van der Waals surface area contributed by atoms with Crippen LogP contribution in [0.3, 0.4) is 0 Å². The Morgan fingerprint density at radius 3 is 2.78 bits per heavy atom. The average Bonchev–Trinajstić information content (AvgIpc) is 2.33. The highest BCUT2D eigenvalue weighted by atomic mass is 32.2. The zero-order valence-electron chi connectivity index (χ0n) is 10.3. The lowest BCUT2D eigenvalue weighted by Gasteiger charge is -2.10. The summed E-state index contributed by atoms with van der Waals surface area (Å²) in [6, 6.07) is 1.70. The second kappa shape index (κ2) is 6.58. The van der Waals surface area contributed by atoms with E-state index >= 15 is 0 Å². The summed E-state index contributed by atoms with van der Waals surface area (Å²) < 4.78 is 26.6. The zero-order valence-corrected chi connectivity index (χ0v) is 11.1. The summed E-state index contributed by atoms with van der Waals surface area (Å²) >= 11 is 1.67. The van der Waals surface area contributed by atoms with E-state index in [4.69, 9.17) is 5.73 Å².